The van der Waals surface area contributed by atoms with Crippen LogP contribution in [0.3, 0.4) is 0 Å². The Morgan fingerprint density at radius 3 is 2.81 bits per heavy atom. The Kier molecular flexibility index (Phi) is 5.09. The molecule has 0 aliphatic carbocycles. The maximum atomic E-state index is 12.3. The van der Waals surface area contributed by atoms with E-state index in [1.54, 1.807) is 10.8 Å². The largest absolute Gasteiger partial charge is 0.319 e. The second-order valence-electron chi connectivity index (χ2n) is 5.40. The molecule has 112 valence electrons. The highest BCUT2D eigenvalue weighted by molar-refractivity contribution is 5.88. The SMILES string of the molecule is CCCCN(Cn1nnc2ccccc21)C(=O)C=C(C)C. The topological polar surface area (TPSA) is 51.0 Å². The predicted molar refractivity (Wildman–Crippen MR) is 83.6 cm³/mol. The van der Waals surface area contributed by atoms with E-state index in [9.17, 15) is 4.79 Å². The van der Waals surface area contributed by atoms with Crippen molar-refractivity contribution in [2.45, 2.75) is 40.3 Å². The molecule has 0 fully saturated rings. The molecule has 21 heavy (non-hydrogen) atoms. The van der Waals surface area contributed by atoms with Gasteiger partial charge in [0.05, 0.1) is 5.52 Å². The number of unbranched alkanes of at least 4 members (excludes halogenated alkanes) is 1. The monoisotopic (exact) mass is 286 g/mol. The molecule has 0 saturated heterocycles. The Balaban J connectivity index is 2.21. The summed E-state index contributed by atoms with van der Waals surface area (Å²) in [6.07, 6.45) is 3.71. The maximum absolute atomic E-state index is 12.3. The molecule has 1 heterocycles. The molecular formula is C16H22N4O. The van der Waals surface area contributed by atoms with E-state index in [4.69, 9.17) is 0 Å². The first kappa shape index (κ1) is 15.2. The van der Waals surface area contributed by atoms with Crippen molar-refractivity contribution < 1.29 is 4.79 Å². The van der Waals surface area contributed by atoms with E-state index in [1.807, 2.05) is 43.0 Å². The average molecular weight is 286 g/mol. The normalized spacial score (nSPS) is 10.6. The molecular weight excluding hydrogens is 264 g/mol. The van der Waals surface area contributed by atoms with Crippen LogP contribution in [0.15, 0.2) is 35.9 Å². The van der Waals surface area contributed by atoms with Gasteiger partial charge in [-0.2, -0.15) is 0 Å². The summed E-state index contributed by atoms with van der Waals surface area (Å²) in [6.45, 7) is 7.15. The van der Waals surface area contributed by atoms with Gasteiger partial charge in [0.1, 0.15) is 12.2 Å². The standard InChI is InChI=1S/C16H22N4O/c1-4-5-10-19(16(21)11-13(2)3)12-20-15-9-7-6-8-14(15)17-18-20/h6-9,11H,4-5,10,12H2,1-3H3. The minimum Gasteiger partial charge on any atom is -0.319 e. The molecule has 0 saturated carbocycles. The second kappa shape index (κ2) is 7.02. The molecule has 0 radical (unpaired) electrons. The van der Waals surface area contributed by atoms with Gasteiger partial charge in [-0.1, -0.05) is 36.3 Å². The summed E-state index contributed by atoms with van der Waals surface area (Å²) in [7, 11) is 0. The molecule has 0 aliphatic heterocycles. The summed E-state index contributed by atoms with van der Waals surface area (Å²) in [6, 6.07) is 7.78. The Bertz CT molecular complexity index is 641. The summed E-state index contributed by atoms with van der Waals surface area (Å²) in [4.78, 5) is 14.1. The molecule has 1 amide bonds. The number of nitrogens with zero attached hydrogens (tertiary/aromatic N) is 4. The van der Waals surface area contributed by atoms with Crippen LogP contribution in [0.5, 0.6) is 0 Å². The zero-order valence-corrected chi connectivity index (χ0v) is 12.9. The summed E-state index contributed by atoms with van der Waals surface area (Å²) >= 11 is 0. The van der Waals surface area contributed by atoms with Crippen LogP contribution in [0.25, 0.3) is 11.0 Å². The van der Waals surface area contributed by atoms with Crippen LogP contribution >= 0.6 is 0 Å². The summed E-state index contributed by atoms with van der Waals surface area (Å²) in [5, 5.41) is 8.29. The molecule has 0 spiro atoms. The van der Waals surface area contributed by atoms with Crippen molar-refractivity contribution in [2.75, 3.05) is 6.54 Å². The van der Waals surface area contributed by atoms with Crippen molar-refractivity contribution in [3.63, 3.8) is 0 Å². The molecule has 2 aromatic rings. The number of hydrogen-bond donors (Lipinski definition) is 0. The third kappa shape index (κ3) is 3.90. The van der Waals surface area contributed by atoms with Crippen LogP contribution < -0.4 is 0 Å². The zero-order valence-electron chi connectivity index (χ0n) is 12.9. The van der Waals surface area contributed by atoms with Gasteiger partial charge in [0.2, 0.25) is 5.91 Å². The molecule has 1 aromatic heterocycles. The molecule has 5 nitrogen and oxygen atoms in total. The van der Waals surface area contributed by atoms with Gasteiger partial charge in [0, 0.05) is 12.6 Å². The number of para-hydroxylation sites is 1. The lowest BCUT2D eigenvalue weighted by Gasteiger charge is -2.21. The predicted octanol–water partition coefficient (Wildman–Crippen LogP) is 2.98. The van der Waals surface area contributed by atoms with E-state index in [0.29, 0.717) is 6.67 Å². The van der Waals surface area contributed by atoms with Crippen LogP contribution in [0.4, 0.5) is 0 Å². The number of allylic oxidation sites excluding steroid dienone is 1. The van der Waals surface area contributed by atoms with E-state index in [2.05, 4.69) is 17.2 Å². The van der Waals surface area contributed by atoms with Gasteiger partial charge in [-0.25, -0.2) is 4.68 Å². The van der Waals surface area contributed by atoms with E-state index in [0.717, 1.165) is 36.0 Å². The van der Waals surface area contributed by atoms with Gasteiger partial charge >= 0.3 is 0 Å². The van der Waals surface area contributed by atoms with Crippen LogP contribution in [-0.2, 0) is 11.5 Å². The van der Waals surface area contributed by atoms with Crippen molar-refractivity contribution in [2.24, 2.45) is 0 Å². The van der Waals surface area contributed by atoms with Crippen LogP contribution in [0.2, 0.25) is 0 Å². The molecule has 5 heteroatoms. The van der Waals surface area contributed by atoms with E-state index in [-0.39, 0.29) is 5.91 Å². The number of carbonyl (C=O) groups excluding carboxylic acids is 1. The fourth-order valence-electron chi connectivity index (χ4n) is 2.12. The summed E-state index contributed by atoms with van der Waals surface area (Å²) in [5.74, 6) is 0.0306. The van der Waals surface area contributed by atoms with Gasteiger partial charge < -0.3 is 4.90 Å². The van der Waals surface area contributed by atoms with Gasteiger partial charge in [-0.05, 0) is 32.4 Å². The fourth-order valence-corrected chi connectivity index (χ4v) is 2.12. The number of fused-ring (bicyclic) bond motifs is 1. The lowest BCUT2D eigenvalue weighted by molar-refractivity contribution is -0.127. The number of aromatic nitrogens is 3. The minimum atomic E-state index is 0.0306. The van der Waals surface area contributed by atoms with E-state index < -0.39 is 0 Å². The molecule has 0 bridgehead atoms. The van der Waals surface area contributed by atoms with Crippen molar-refractivity contribution in [1.29, 1.82) is 0 Å². The first-order valence-electron chi connectivity index (χ1n) is 7.34. The van der Waals surface area contributed by atoms with Crippen LogP contribution in [-0.4, -0.2) is 32.3 Å². The smallest absolute Gasteiger partial charge is 0.247 e. The molecule has 1 aromatic carbocycles. The molecule has 0 atom stereocenters. The number of benzene rings is 1. The van der Waals surface area contributed by atoms with Crippen LogP contribution in [0.1, 0.15) is 33.6 Å². The van der Waals surface area contributed by atoms with Crippen LogP contribution in [0, 0.1) is 0 Å². The first-order valence-corrected chi connectivity index (χ1v) is 7.34. The van der Waals surface area contributed by atoms with Crippen molar-refractivity contribution in [3.05, 3.63) is 35.9 Å². The lowest BCUT2D eigenvalue weighted by atomic mass is 10.2. The number of hydrogen-bond acceptors (Lipinski definition) is 3. The zero-order chi connectivity index (χ0) is 15.2. The van der Waals surface area contributed by atoms with Gasteiger partial charge in [-0.15, -0.1) is 5.10 Å². The highest BCUT2D eigenvalue weighted by Gasteiger charge is 2.13. The van der Waals surface area contributed by atoms with Crippen molar-refractivity contribution in [3.8, 4) is 0 Å². The Hall–Kier alpha value is -2.17. The number of rotatable bonds is 6. The second-order valence-corrected chi connectivity index (χ2v) is 5.40. The lowest BCUT2D eigenvalue weighted by Crippen LogP contribution is -2.33. The quantitative estimate of drug-likeness (QED) is 0.767. The first-order chi connectivity index (χ1) is 10.1. The molecule has 2 rings (SSSR count). The molecule has 0 N–H and O–H groups in total. The fraction of sp³-hybridized carbons (Fsp3) is 0.438. The number of amides is 1. The van der Waals surface area contributed by atoms with Crippen molar-refractivity contribution >= 4 is 16.9 Å². The maximum Gasteiger partial charge on any atom is 0.247 e. The van der Waals surface area contributed by atoms with Gasteiger partial charge in [0.25, 0.3) is 0 Å². The average Bonchev–Trinajstić information content (AvgIpc) is 2.86. The Morgan fingerprint density at radius 2 is 2.10 bits per heavy atom. The van der Waals surface area contributed by atoms with Gasteiger partial charge in [-0.3, -0.25) is 4.79 Å². The van der Waals surface area contributed by atoms with E-state index >= 15 is 0 Å². The van der Waals surface area contributed by atoms with E-state index in [1.165, 1.54) is 0 Å². The van der Waals surface area contributed by atoms with Crippen molar-refractivity contribution in [1.82, 2.24) is 19.9 Å². The minimum absolute atomic E-state index is 0.0306. The summed E-state index contributed by atoms with van der Waals surface area (Å²) in [5.41, 5.74) is 2.80. The summed E-state index contributed by atoms with van der Waals surface area (Å²) < 4.78 is 1.78. The molecule has 0 unspecified atom stereocenters. The van der Waals surface area contributed by atoms with Gasteiger partial charge in [0.15, 0.2) is 0 Å². The Morgan fingerprint density at radius 1 is 1.33 bits per heavy atom. The third-order valence-electron chi connectivity index (χ3n) is 3.23. The highest BCUT2D eigenvalue weighted by Crippen LogP contribution is 2.11. The Labute approximate surface area is 125 Å². The third-order valence-corrected chi connectivity index (χ3v) is 3.23. The highest BCUT2D eigenvalue weighted by atomic mass is 16.2. The number of carbonyl (C=O) groups is 1. The molecule has 0 aliphatic rings.